The number of halogens is 1. The van der Waals surface area contributed by atoms with Crippen molar-refractivity contribution in [2.75, 3.05) is 0 Å². The van der Waals surface area contributed by atoms with Crippen molar-refractivity contribution in [3.05, 3.63) is 58.0 Å². The lowest BCUT2D eigenvalue weighted by atomic mass is 10.1. The highest BCUT2D eigenvalue weighted by molar-refractivity contribution is 6.30. The molecule has 22 heavy (non-hydrogen) atoms. The Labute approximate surface area is 132 Å². The van der Waals surface area contributed by atoms with Gasteiger partial charge in [-0.3, -0.25) is 4.79 Å². The first-order valence-corrected chi connectivity index (χ1v) is 7.17. The highest BCUT2D eigenvalue weighted by atomic mass is 35.5. The Bertz CT molecular complexity index is 676. The maximum absolute atomic E-state index is 11.8. The van der Waals surface area contributed by atoms with E-state index < -0.39 is 5.97 Å². The summed E-state index contributed by atoms with van der Waals surface area (Å²) in [5.41, 5.74) is 1.15. The summed E-state index contributed by atoms with van der Waals surface area (Å²) in [6.45, 7) is 1.75. The van der Waals surface area contributed by atoms with E-state index in [1.54, 1.807) is 19.1 Å². The molecule has 0 spiro atoms. The van der Waals surface area contributed by atoms with E-state index in [1.807, 2.05) is 12.1 Å². The van der Waals surface area contributed by atoms with E-state index in [4.69, 9.17) is 21.1 Å². The van der Waals surface area contributed by atoms with Crippen molar-refractivity contribution < 1.29 is 19.1 Å². The van der Waals surface area contributed by atoms with Gasteiger partial charge in [-0.05, 0) is 37.1 Å². The summed E-state index contributed by atoms with van der Waals surface area (Å²) < 4.78 is 5.29. The molecule has 2 rings (SSSR count). The second-order valence-corrected chi connectivity index (χ2v) is 5.33. The smallest absolute Gasteiger partial charge is 0.339 e. The van der Waals surface area contributed by atoms with E-state index in [0.29, 0.717) is 29.4 Å². The molecule has 0 saturated carbocycles. The molecule has 0 radical (unpaired) electrons. The van der Waals surface area contributed by atoms with E-state index in [2.05, 4.69) is 5.32 Å². The van der Waals surface area contributed by atoms with Gasteiger partial charge >= 0.3 is 5.97 Å². The molecule has 2 aromatic rings. The number of rotatable bonds is 6. The average Bonchev–Trinajstić information content (AvgIpc) is 2.86. The number of furan rings is 1. The van der Waals surface area contributed by atoms with E-state index in [1.165, 1.54) is 6.07 Å². The van der Waals surface area contributed by atoms with Crippen molar-refractivity contribution in [2.24, 2.45) is 0 Å². The lowest BCUT2D eigenvalue weighted by Crippen LogP contribution is -2.22. The van der Waals surface area contributed by atoms with Gasteiger partial charge in [0.15, 0.2) is 0 Å². The van der Waals surface area contributed by atoms with E-state index in [0.717, 1.165) is 5.56 Å². The fourth-order valence-electron chi connectivity index (χ4n) is 2.03. The van der Waals surface area contributed by atoms with Gasteiger partial charge in [-0.15, -0.1) is 0 Å². The average molecular weight is 322 g/mol. The van der Waals surface area contributed by atoms with Gasteiger partial charge < -0.3 is 14.8 Å². The van der Waals surface area contributed by atoms with Gasteiger partial charge in [-0.1, -0.05) is 23.7 Å². The number of aryl methyl sites for hydroxylation is 2. The molecule has 0 aliphatic carbocycles. The molecule has 6 heteroatoms. The highest BCUT2D eigenvalue weighted by Crippen LogP contribution is 2.14. The number of benzene rings is 1. The fraction of sp³-hybridized carbons (Fsp3) is 0.250. The van der Waals surface area contributed by atoms with Gasteiger partial charge in [0.25, 0.3) is 0 Å². The standard InChI is InChI=1S/C16H16ClNO4/c1-10-14(16(20)21)8-13(22-10)9-18-15(19)7-4-11-2-5-12(17)6-3-11/h2-3,5-6,8H,4,7,9H2,1H3,(H,18,19)(H,20,21). The van der Waals surface area contributed by atoms with Crippen LogP contribution >= 0.6 is 11.6 Å². The van der Waals surface area contributed by atoms with Gasteiger partial charge in [-0.2, -0.15) is 0 Å². The van der Waals surface area contributed by atoms with Gasteiger partial charge in [-0.25, -0.2) is 4.79 Å². The third-order valence-corrected chi connectivity index (χ3v) is 3.46. The van der Waals surface area contributed by atoms with E-state index in [-0.39, 0.29) is 18.0 Å². The Morgan fingerprint density at radius 3 is 2.55 bits per heavy atom. The molecule has 1 heterocycles. The number of nitrogens with one attached hydrogen (secondary N) is 1. The molecule has 0 saturated heterocycles. The van der Waals surface area contributed by atoms with Crippen LogP contribution in [-0.2, 0) is 17.8 Å². The Hall–Kier alpha value is -2.27. The largest absolute Gasteiger partial charge is 0.478 e. The summed E-state index contributed by atoms with van der Waals surface area (Å²) in [7, 11) is 0. The van der Waals surface area contributed by atoms with Crippen LogP contribution in [0.1, 0.15) is 33.9 Å². The number of hydrogen-bond acceptors (Lipinski definition) is 3. The van der Waals surface area contributed by atoms with Crippen LogP contribution in [0.4, 0.5) is 0 Å². The van der Waals surface area contributed by atoms with Crippen LogP contribution in [0.2, 0.25) is 5.02 Å². The fourth-order valence-corrected chi connectivity index (χ4v) is 2.15. The number of carbonyl (C=O) groups is 2. The SMILES string of the molecule is Cc1oc(CNC(=O)CCc2ccc(Cl)cc2)cc1C(=O)O. The number of carboxylic acid groups (broad SMARTS) is 1. The minimum atomic E-state index is -1.04. The van der Waals surface area contributed by atoms with Crippen LogP contribution in [0.3, 0.4) is 0 Å². The topological polar surface area (TPSA) is 79.5 Å². The van der Waals surface area contributed by atoms with Crippen molar-refractivity contribution in [3.8, 4) is 0 Å². The quantitative estimate of drug-likeness (QED) is 0.856. The molecule has 0 bridgehead atoms. The van der Waals surface area contributed by atoms with Gasteiger partial charge in [0, 0.05) is 11.4 Å². The molecule has 2 N–H and O–H groups in total. The molecule has 0 aliphatic heterocycles. The Morgan fingerprint density at radius 2 is 1.95 bits per heavy atom. The first-order valence-electron chi connectivity index (χ1n) is 6.79. The normalized spacial score (nSPS) is 10.5. The number of carboxylic acids is 1. The number of aromatic carboxylic acids is 1. The van der Waals surface area contributed by atoms with Gasteiger partial charge in [0.05, 0.1) is 6.54 Å². The lowest BCUT2D eigenvalue weighted by molar-refractivity contribution is -0.121. The molecule has 0 fully saturated rings. The van der Waals surface area contributed by atoms with Crippen LogP contribution in [0.15, 0.2) is 34.7 Å². The van der Waals surface area contributed by atoms with E-state index in [9.17, 15) is 9.59 Å². The second-order valence-electron chi connectivity index (χ2n) is 4.89. The summed E-state index contributed by atoms with van der Waals surface area (Å²) in [4.78, 5) is 22.7. The van der Waals surface area contributed by atoms with Crippen molar-refractivity contribution in [1.29, 1.82) is 0 Å². The minimum absolute atomic E-state index is 0.116. The molecular formula is C16H16ClNO4. The molecule has 116 valence electrons. The Balaban J connectivity index is 1.81. The van der Waals surface area contributed by atoms with Crippen molar-refractivity contribution in [1.82, 2.24) is 5.32 Å². The van der Waals surface area contributed by atoms with Crippen LogP contribution in [0, 0.1) is 6.92 Å². The number of hydrogen-bond donors (Lipinski definition) is 2. The Morgan fingerprint density at radius 1 is 1.27 bits per heavy atom. The third-order valence-electron chi connectivity index (χ3n) is 3.21. The van der Waals surface area contributed by atoms with E-state index >= 15 is 0 Å². The van der Waals surface area contributed by atoms with Crippen molar-refractivity contribution >= 4 is 23.5 Å². The molecule has 1 aromatic carbocycles. The van der Waals surface area contributed by atoms with Gasteiger partial charge in [0.1, 0.15) is 17.1 Å². The van der Waals surface area contributed by atoms with Crippen LogP contribution < -0.4 is 5.32 Å². The monoisotopic (exact) mass is 321 g/mol. The zero-order valence-electron chi connectivity index (χ0n) is 12.1. The predicted molar refractivity (Wildman–Crippen MR) is 82.0 cm³/mol. The van der Waals surface area contributed by atoms with Crippen LogP contribution in [0.5, 0.6) is 0 Å². The first-order chi connectivity index (χ1) is 10.5. The number of amides is 1. The maximum Gasteiger partial charge on any atom is 0.339 e. The molecule has 0 atom stereocenters. The molecule has 5 nitrogen and oxygen atoms in total. The zero-order chi connectivity index (χ0) is 16.1. The van der Waals surface area contributed by atoms with Crippen molar-refractivity contribution in [3.63, 3.8) is 0 Å². The summed E-state index contributed by atoms with van der Waals surface area (Å²) in [5, 5.41) is 12.3. The predicted octanol–water partition coefficient (Wildman–Crippen LogP) is 3.19. The maximum atomic E-state index is 11.8. The summed E-state index contributed by atoms with van der Waals surface area (Å²) in [6, 6.07) is 8.76. The van der Waals surface area contributed by atoms with Gasteiger partial charge in [0.2, 0.25) is 5.91 Å². The third kappa shape index (κ3) is 4.36. The van der Waals surface area contributed by atoms with Crippen LogP contribution in [-0.4, -0.2) is 17.0 Å². The summed E-state index contributed by atoms with van der Waals surface area (Å²) in [6.07, 6.45) is 0.952. The van der Waals surface area contributed by atoms with Crippen LogP contribution in [0.25, 0.3) is 0 Å². The molecule has 1 aromatic heterocycles. The zero-order valence-corrected chi connectivity index (χ0v) is 12.8. The highest BCUT2D eigenvalue weighted by Gasteiger charge is 2.14. The molecule has 0 aliphatic rings. The Kier molecular flexibility index (Phi) is 5.22. The van der Waals surface area contributed by atoms with Crippen molar-refractivity contribution in [2.45, 2.75) is 26.3 Å². The lowest BCUT2D eigenvalue weighted by Gasteiger charge is -2.04. The first kappa shape index (κ1) is 16.1. The summed E-state index contributed by atoms with van der Waals surface area (Å²) >= 11 is 5.80. The molecule has 1 amide bonds. The second kappa shape index (κ2) is 7.13. The minimum Gasteiger partial charge on any atom is -0.478 e. The number of carbonyl (C=O) groups excluding carboxylic acids is 1. The summed E-state index contributed by atoms with van der Waals surface area (Å²) in [5.74, 6) is -0.407. The molecule has 0 unspecified atom stereocenters. The molecular weight excluding hydrogens is 306 g/mol.